The van der Waals surface area contributed by atoms with Crippen LogP contribution in [0.25, 0.3) is 6.08 Å². The number of benzene rings is 2. The van der Waals surface area contributed by atoms with Crippen LogP contribution in [0.5, 0.6) is 11.5 Å². The predicted molar refractivity (Wildman–Crippen MR) is 112 cm³/mol. The van der Waals surface area contributed by atoms with E-state index in [2.05, 4.69) is 37.7 Å². The van der Waals surface area contributed by atoms with Gasteiger partial charge in [-0.2, -0.15) is 8.78 Å². The third kappa shape index (κ3) is 5.79. The van der Waals surface area contributed by atoms with E-state index in [1.54, 1.807) is 12.1 Å². The molecule has 0 unspecified atom stereocenters. The van der Waals surface area contributed by atoms with E-state index in [0.717, 1.165) is 16.8 Å². The zero-order valence-corrected chi connectivity index (χ0v) is 17.3. The molecule has 0 aromatic heterocycles. The molecule has 0 aliphatic carbocycles. The van der Waals surface area contributed by atoms with Crippen LogP contribution < -0.4 is 14.8 Å². The van der Waals surface area contributed by atoms with Crippen LogP contribution in [0.4, 0.5) is 14.5 Å². The zero-order valence-electron chi connectivity index (χ0n) is 17.3. The summed E-state index contributed by atoms with van der Waals surface area (Å²) < 4.78 is 35.2. The molecule has 6 heteroatoms. The summed E-state index contributed by atoms with van der Waals surface area (Å²) in [6.45, 7) is 5.26. The summed E-state index contributed by atoms with van der Waals surface area (Å²) in [5, 5.41) is 2.95. The largest absolute Gasteiger partial charge is 0.493 e. The van der Waals surface area contributed by atoms with Gasteiger partial charge >= 0.3 is 6.61 Å². The molecule has 0 radical (unpaired) electrons. The second-order valence-electron chi connectivity index (χ2n) is 7.20. The molecule has 2 aromatic rings. The lowest BCUT2D eigenvalue weighted by atomic mass is 9.92. The van der Waals surface area contributed by atoms with Gasteiger partial charge in [-0.15, -0.1) is 0 Å². The molecule has 29 heavy (non-hydrogen) atoms. The zero-order chi connectivity index (χ0) is 21.6. The number of rotatable bonds is 8. The van der Waals surface area contributed by atoms with Crippen LogP contribution in [-0.4, -0.2) is 19.6 Å². The smallest absolute Gasteiger partial charge is 0.387 e. The van der Waals surface area contributed by atoms with E-state index in [1.165, 1.54) is 25.3 Å². The Hall–Kier alpha value is -2.89. The van der Waals surface area contributed by atoms with Gasteiger partial charge in [-0.25, -0.2) is 0 Å². The van der Waals surface area contributed by atoms with E-state index >= 15 is 0 Å². The molecular weight excluding hydrogens is 376 g/mol. The molecule has 0 fully saturated rings. The standard InChI is InChI=1S/C23H27F2NO3/c1-14(2)17-9-7-10-18(15(3)4)21(17)26-20(27)13-12-16-8-6-11-19(28-5)22(16)29-23(24)25/h6-15,23H,1-5H3,(H,26,27)/b13-12-. The number of alkyl halides is 2. The lowest BCUT2D eigenvalue weighted by Gasteiger charge is -2.19. The number of carbonyl (C=O) groups excluding carboxylic acids is 1. The Morgan fingerprint density at radius 1 is 1.00 bits per heavy atom. The fraction of sp³-hybridized carbons (Fsp3) is 0.348. The van der Waals surface area contributed by atoms with Crippen molar-refractivity contribution in [3.63, 3.8) is 0 Å². The van der Waals surface area contributed by atoms with Crippen molar-refractivity contribution in [1.29, 1.82) is 0 Å². The normalized spacial score (nSPS) is 11.5. The van der Waals surface area contributed by atoms with Gasteiger partial charge < -0.3 is 14.8 Å². The number of para-hydroxylation sites is 2. The minimum Gasteiger partial charge on any atom is -0.493 e. The Labute approximate surface area is 170 Å². The molecule has 0 saturated heterocycles. The van der Waals surface area contributed by atoms with Gasteiger partial charge in [0.1, 0.15) is 0 Å². The molecule has 2 aromatic carbocycles. The molecule has 156 valence electrons. The van der Waals surface area contributed by atoms with Crippen molar-refractivity contribution in [2.75, 3.05) is 12.4 Å². The van der Waals surface area contributed by atoms with E-state index in [4.69, 9.17) is 4.74 Å². The third-order valence-electron chi connectivity index (χ3n) is 4.47. The Bertz CT molecular complexity index is 850. The topological polar surface area (TPSA) is 47.6 Å². The monoisotopic (exact) mass is 403 g/mol. The summed E-state index contributed by atoms with van der Waals surface area (Å²) >= 11 is 0. The second-order valence-corrected chi connectivity index (χ2v) is 7.20. The summed E-state index contributed by atoms with van der Waals surface area (Å²) in [6, 6.07) is 10.7. The maximum atomic E-state index is 12.8. The molecule has 0 atom stereocenters. The van der Waals surface area contributed by atoms with E-state index in [1.807, 2.05) is 18.2 Å². The van der Waals surface area contributed by atoms with Crippen molar-refractivity contribution in [3.8, 4) is 11.5 Å². The molecule has 0 aliphatic heterocycles. The van der Waals surface area contributed by atoms with Crippen molar-refractivity contribution < 1.29 is 23.0 Å². The van der Waals surface area contributed by atoms with Gasteiger partial charge in [-0.3, -0.25) is 4.79 Å². The number of anilines is 1. The number of amides is 1. The minimum atomic E-state index is -3.00. The molecule has 0 saturated carbocycles. The predicted octanol–water partition coefficient (Wildman–Crippen LogP) is 6.20. The van der Waals surface area contributed by atoms with Crippen molar-refractivity contribution in [1.82, 2.24) is 0 Å². The first-order valence-corrected chi connectivity index (χ1v) is 9.48. The molecule has 1 amide bonds. The summed E-state index contributed by atoms with van der Waals surface area (Å²) in [5.74, 6) is 0.167. The quantitative estimate of drug-likeness (QED) is 0.534. The highest BCUT2D eigenvalue weighted by atomic mass is 19.3. The highest BCUT2D eigenvalue weighted by Gasteiger charge is 2.16. The average Bonchev–Trinajstić information content (AvgIpc) is 2.66. The Kier molecular flexibility index (Phi) is 7.76. The van der Waals surface area contributed by atoms with Crippen LogP contribution in [0.3, 0.4) is 0 Å². The number of methoxy groups -OCH3 is 1. The first kappa shape index (κ1) is 22.4. The molecule has 4 nitrogen and oxygen atoms in total. The van der Waals surface area contributed by atoms with Crippen molar-refractivity contribution in [2.45, 2.75) is 46.1 Å². The first-order chi connectivity index (χ1) is 13.7. The Morgan fingerprint density at radius 3 is 2.10 bits per heavy atom. The number of nitrogens with one attached hydrogen (secondary N) is 1. The summed E-state index contributed by atoms with van der Waals surface area (Å²) in [6.07, 6.45) is 2.73. The van der Waals surface area contributed by atoms with Gasteiger partial charge in [0.2, 0.25) is 5.91 Å². The molecule has 0 aliphatic rings. The van der Waals surface area contributed by atoms with Crippen LogP contribution in [0.1, 0.15) is 56.2 Å². The van der Waals surface area contributed by atoms with Crippen molar-refractivity contribution >= 4 is 17.7 Å². The molecule has 0 spiro atoms. The van der Waals surface area contributed by atoms with Gasteiger partial charge in [0.05, 0.1) is 7.11 Å². The van der Waals surface area contributed by atoms with E-state index < -0.39 is 6.61 Å². The van der Waals surface area contributed by atoms with Gasteiger partial charge in [0.25, 0.3) is 0 Å². The van der Waals surface area contributed by atoms with Crippen LogP contribution in [0, 0.1) is 0 Å². The highest BCUT2D eigenvalue weighted by Crippen LogP contribution is 2.34. The van der Waals surface area contributed by atoms with Gasteiger partial charge in [0.15, 0.2) is 11.5 Å². The average molecular weight is 403 g/mol. The van der Waals surface area contributed by atoms with Crippen LogP contribution in [-0.2, 0) is 4.79 Å². The van der Waals surface area contributed by atoms with Crippen molar-refractivity contribution in [3.05, 3.63) is 59.2 Å². The minimum absolute atomic E-state index is 0.112. The van der Waals surface area contributed by atoms with Crippen LogP contribution in [0.15, 0.2) is 42.5 Å². The number of carbonyl (C=O) groups is 1. The van der Waals surface area contributed by atoms with E-state index in [9.17, 15) is 13.6 Å². The van der Waals surface area contributed by atoms with E-state index in [0.29, 0.717) is 5.56 Å². The number of hydrogen-bond acceptors (Lipinski definition) is 3. The molecule has 0 bridgehead atoms. The third-order valence-corrected chi connectivity index (χ3v) is 4.47. The highest BCUT2D eigenvalue weighted by molar-refractivity contribution is 6.03. The molecular formula is C23H27F2NO3. The number of ether oxygens (including phenoxy) is 2. The fourth-order valence-corrected chi connectivity index (χ4v) is 3.07. The maximum Gasteiger partial charge on any atom is 0.387 e. The molecule has 0 heterocycles. The Balaban J connectivity index is 2.32. The van der Waals surface area contributed by atoms with Crippen LogP contribution >= 0.6 is 0 Å². The lowest BCUT2D eigenvalue weighted by molar-refractivity contribution is -0.111. The maximum absolute atomic E-state index is 12.8. The van der Waals surface area contributed by atoms with Gasteiger partial charge in [-0.1, -0.05) is 58.0 Å². The molecule has 1 N–H and O–H groups in total. The van der Waals surface area contributed by atoms with Gasteiger partial charge in [-0.05, 0) is 35.1 Å². The lowest BCUT2D eigenvalue weighted by Crippen LogP contribution is -2.13. The second kappa shape index (κ2) is 10.0. The summed E-state index contributed by atoms with van der Waals surface area (Å²) in [5.41, 5.74) is 3.20. The van der Waals surface area contributed by atoms with Gasteiger partial charge in [0, 0.05) is 17.3 Å². The first-order valence-electron chi connectivity index (χ1n) is 9.48. The van der Waals surface area contributed by atoms with E-state index in [-0.39, 0.29) is 29.2 Å². The fourth-order valence-electron chi connectivity index (χ4n) is 3.07. The number of hydrogen-bond donors (Lipinski definition) is 1. The SMILES string of the molecule is COc1cccc(/C=C\C(=O)Nc2c(C(C)C)cccc2C(C)C)c1OC(F)F. The molecule has 2 rings (SSSR count). The summed E-state index contributed by atoms with van der Waals surface area (Å²) in [4.78, 5) is 12.6. The van der Waals surface area contributed by atoms with Crippen molar-refractivity contribution in [2.24, 2.45) is 0 Å². The van der Waals surface area contributed by atoms with Crippen LogP contribution in [0.2, 0.25) is 0 Å². The summed E-state index contributed by atoms with van der Waals surface area (Å²) in [7, 11) is 1.37. The number of halogens is 2. The Morgan fingerprint density at radius 2 is 1.59 bits per heavy atom.